The van der Waals surface area contributed by atoms with Crippen LogP contribution in [0, 0.1) is 10.8 Å². The standard InChI is InChI=1S/C18H20O6/c1-7-9(3)15(5)13(21)17(23,11(7)19)16(6)10(4)8(2)12(20)18(15,24)14(16)22/h23-24H,1-6H3. The molecule has 3 aliphatic rings. The average molecular weight is 332 g/mol. The third kappa shape index (κ3) is 1.14. The number of carbonyl (C=O) groups is 4. The van der Waals surface area contributed by atoms with Crippen LogP contribution in [0.15, 0.2) is 22.3 Å². The van der Waals surface area contributed by atoms with E-state index in [1.165, 1.54) is 41.5 Å². The van der Waals surface area contributed by atoms with Crippen molar-refractivity contribution in [3.63, 3.8) is 0 Å². The Hall–Kier alpha value is -1.92. The molecule has 1 saturated carbocycles. The third-order valence-corrected chi connectivity index (χ3v) is 6.98. The van der Waals surface area contributed by atoms with Crippen molar-refractivity contribution in [3.8, 4) is 0 Å². The van der Waals surface area contributed by atoms with E-state index in [1.54, 1.807) is 0 Å². The molecule has 4 unspecified atom stereocenters. The summed E-state index contributed by atoms with van der Waals surface area (Å²) in [6.45, 7) is 8.26. The first-order chi connectivity index (χ1) is 10.8. The molecule has 0 heterocycles. The van der Waals surface area contributed by atoms with E-state index in [0.717, 1.165) is 0 Å². The number of carbonyl (C=O) groups excluding carboxylic acids is 4. The summed E-state index contributed by atoms with van der Waals surface area (Å²) >= 11 is 0. The molecule has 0 radical (unpaired) electrons. The zero-order valence-electron chi connectivity index (χ0n) is 14.5. The lowest BCUT2D eigenvalue weighted by molar-refractivity contribution is -0.206. The van der Waals surface area contributed by atoms with Gasteiger partial charge in [0.2, 0.25) is 11.2 Å². The van der Waals surface area contributed by atoms with Gasteiger partial charge in [0.15, 0.2) is 23.1 Å². The van der Waals surface area contributed by atoms with E-state index < -0.39 is 45.2 Å². The zero-order chi connectivity index (χ0) is 18.6. The maximum atomic E-state index is 13.2. The molecule has 2 N–H and O–H groups in total. The average Bonchev–Trinajstić information content (AvgIpc) is 2.56. The molecule has 3 aliphatic carbocycles. The van der Waals surface area contributed by atoms with E-state index >= 15 is 0 Å². The number of hydrogen-bond donors (Lipinski definition) is 2. The molecule has 128 valence electrons. The minimum atomic E-state index is -2.62. The van der Waals surface area contributed by atoms with Crippen LogP contribution in [0.4, 0.5) is 0 Å². The fourth-order valence-electron chi connectivity index (χ4n) is 4.68. The highest BCUT2D eigenvalue weighted by molar-refractivity contribution is 6.37. The van der Waals surface area contributed by atoms with Gasteiger partial charge in [-0.15, -0.1) is 0 Å². The van der Waals surface area contributed by atoms with Crippen molar-refractivity contribution in [2.24, 2.45) is 10.8 Å². The summed E-state index contributed by atoms with van der Waals surface area (Å²) in [7, 11) is 0. The molecular weight excluding hydrogens is 312 g/mol. The van der Waals surface area contributed by atoms with Gasteiger partial charge in [-0.05, 0) is 63.8 Å². The van der Waals surface area contributed by atoms with Gasteiger partial charge in [0, 0.05) is 0 Å². The Bertz CT molecular complexity index is 776. The van der Waals surface area contributed by atoms with Gasteiger partial charge in [0.05, 0.1) is 10.8 Å². The molecule has 3 rings (SSSR count). The van der Waals surface area contributed by atoms with Crippen LogP contribution >= 0.6 is 0 Å². The minimum Gasteiger partial charge on any atom is -0.373 e. The molecule has 0 aliphatic heterocycles. The second kappa shape index (κ2) is 4.00. The first-order valence-corrected chi connectivity index (χ1v) is 7.76. The molecule has 6 heteroatoms. The molecule has 6 nitrogen and oxygen atoms in total. The Morgan fingerprint density at radius 2 is 0.875 bits per heavy atom. The number of Topliss-reactive ketones (excluding diaryl/α,β-unsaturated/α-hetero) is 4. The van der Waals surface area contributed by atoms with Crippen molar-refractivity contribution in [2.75, 3.05) is 0 Å². The monoisotopic (exact) mass is 332 g/mol. The van der Waals surface area contributed by atoms with Crippen molar-refractivity contribution in [3.05, 3.63) is 22.3 Å². The Labute approximate surface area is 139 Å². The van der Waals surface area contributed by atoms with Crippen LogP contribution < -0.4 is 0 Å². The summed E-state index contributed by atoms with van der Waals surface area (Å²) in [4.78, 5) is 52.1. The van der Waals surface area contributed by atoms with Crippen LogP contribution in [-0.2, 0) is 19.2 Å². The highest BCUT2D eigenvalue weighted by Crippen LogP contribution is 2.63. The highest BCUT2D eigenvalue weighted by Gasteiger charge is 2.83. The van der Waals surface area contributed by atoms with E-state index in [0.29, 0.717) is 0 Å². The summed E-state index contributed by atoms with van der Waals surface area (Å²) in [5.74, 6) is -3.68. The van der Waals surface area contributed by atoms with Crippen LogP contribution in [0.2, 0.25) is 0 Å². The van der Waals surface area contributed by atoms with Gasteiger partial charge >= 0.3 is 0 Å². The van der Waals surface area contributed by atoms with Crippen LogP contribution in [0.1, 0.15) is 41.5 Å². The lowest BCUT2D eigenvalue weighted by Gasteiger charge is -2.62. The predicted molar refractivity (Wildman–Crippen MR) is 82.9 cm³/mol. The zero-order valence-corrected chi connectivity index (χ0v) is 14.5. The SMILES string of the molecule is CC1=C(C)C2(C)C(=O)C(O)(C1=O)C1(C)C(=O)C2(O)C(=O)C(C)=C1C. The summed E-state index contributed by atoms with van der Waals surface area (Å²) in [6, 6.07) is 0. The lowest BCUT2D eigenvalue weighted by atomic mass is 9.39. The summed E-state index contributed by atoms with van der Waals surface area (Å²) in [6.07, 6.45) is 0. The fraction of sp³-hybridized carbons (Fsp3) is 0.556. The van der Waals surface area contributed by atoms with Gasteiger partial charge in [0.25, 0.3) is 0 Å². The van der Waals surface area contributed by atoms with Gasteiger partial charge in [-0.3, -0.25) is 19.2 Å². The summed E-state index contributed by atoms with van der Waals surface area (Å²) in [5, 5.41) is 22.4. The normalized spacial score (nSPS) is 45.3. The van der Waals surface area contributed by atoms with Crippen molar-refractivity contribution in [2.45, 2.75) is 52.7 Å². The second-order valence-electron chi connectivity index (χ2n) is 7.49. The van der Waals surface area contributed by atoms with E-state index in [9.17, 15) is 29.4 Å². The Balaban J connectivity index is 2.64. The molecule has 0 saturated heterocycles. The number of rotatable bonds is 0. The van der Waals surface area contributed by atoms with Crippen LogP contribution in [-0.4, -0.2) is 44.5 Å². The minimum absolute atomic E-state index is 0.0944. The predicted octanol–water partition coefficient (Wildman–Crippen LogP) is 0.451. The van der Waals surface area contributed by atoms with Gasteiger partial charge in [-0.1, -0.05) is 0 Å². The van der Waals surface area contributed by atoms with Gasteiger partial charge < -0.3 is 10.2 Å². The topological polar surface area (TPSA) is 109 Å². The molecule has 24 heavy (non-hydrogen) atoms. The van der Waals surface area contributed by atoms with Crippen molar-refractivity contribution < 1.29 is 29.4 Å². The molecule has 1 fully saturated rings. The molecule has 0 aromatic carbocycles. The Morgan fingerprint density at radius 1 is 0.625 bits per heavy atom. The lowest BCUT2D eigenvalue weighted by Crippen LogP contribution is -2.83. The Kier molecular flexibility index (Phi) is 2.82. The molecule has 0 amide bonds. The smallest absolute Gasteiger partial charge is 0.202 e. The largest absolute Gasteiger partial charge is 0.373 e. The molecule has 0 aromatic heterocycles. The van der Waals surface area contributed by atoms with Crippen LogP contribution in [0.25, 0.3) is 0 Å². The van der Waals surface area contributed by atoms with E-state index in [4.69, 9.17) is 0 Å². The number of fused-ring (bicyclic) bond motifs is 6. The third-order valence-electron chi connectivity index (χ3n) is 6.98. The van der Waals surface area contributed by atoms with Gasteiger partial charge in [-0.25, -0.2) is 0 Å². The van der Waals surface area contributed by atoms with Gasteiger partial charge in [-0.2, -0.15) is 0 Å². The molecule has 0 spiro atoms. The van der Waals surface area contributed by atoms with Crippen molar-refractivity contribution in [1.82, 2.24) is 0 Å². The quantitative estimate of drug-likeness (QED) is 0.624. The first-order valence-electron chi connectivity index (χ1n) is 7.76. The van der Waals surface area contributed by atoms with Crippen molar-refractivity contribution in [1.29, 1.82) is 0 Å². The first kappa shape index (κ1) is 16.9. The molecule has 4 atom stereocenters. The van der Waals surface area contributed by atoms with E-state index in [-0.39, 0.29) is 22.3 Å². The summed E-state index contributed by atoms with van der Waals surface area (Å²) < 4.78 is 0. The van der Waals surface area contributed by atoms with E-state index in [1.807, 2.05) is 0 Å². The van der Waals surface area contributed by atoms with Crippen LogP contribution in [0.3, 0.4) is 0 Å². The van der Waals surface area contributed by atoms with Crippen molar-refractivity contribution >= 4 is 23.1 Å². The maximum absolute atomic E-state index is 13.2. The molecular formula is C18H20O6. The fourth-order valence-corrected chi connectivity index (χ4v) is 4.68. The van der Waals surface area contributed by atoms with E-state index in [2.05, 4.69) is 0 Å². The van der Waals surface area contributed by atoms with Crippen LogP contribution in [0.5, 0.6) is 0 Å². The summed E-state index contributed by atoms with van der Waals surface area (Å²) in [5.41, 5.74) is -8.73. The number of aliphatic hydroxyl groups is 2. The Morgan fingerprint density at radius 3 is 1.12 bits per heavy atom. The number of ketones is 4. The second-order valence-corrected chi connectivity index (χ2v) is 7.49. The highest BCUT2D eigenvalue weighted by atomic mass is 16.3. The molecule has 0 aromatic rings. The number of hydrogen-bond acceptors (Lipinski definition) is 6. The molecule has 4 bridgehead atoms. The van der Waals surface area contributed by atoms with Gasteiger partial charge in [0.1, 0.15) is 0 Å². The maximum Gasteiger partial charge on any atom is 0.202 e.